The lowest BCUT2D eigenvalue weighted by Gasteiger charge is -2.51. The van der Waals surface area contributed by atoms with E-state index in [1.165, 1.54) is 0 Å². The van der Waals surface area contributed by atoms with E-state index >= 15 is 0 Å². The minimum absolute atomic E-state index is 0.104. The molecule has 2 aliphatic rings. The van der Waals surface area contributed by atoms with E-state index in [0.29, 0.717) is 6.42 Å². The van der Waals surface area contributed by atoms with Gasteiger partial charge in [-0.15, -0.1) is 0 Å². The maximum absolute atomic E-state index is 12.6. The molecule has 2 aliphatic heterocycles. The quantitative estimate of drug-likeness (QED) is 0.866. The smallest absolute Gasteiger partial charge is 0.228 e. The molecular formula is C15H24N4O2. The van der Waals surface area contributed by atoms with Crippen LogP contribution in [0.3, 0.4) is 0 Å². The van der Waals surface area contributed by atoms with Gasteiger partial charge in [-0.3, -0.25) is 9.69 Å². The Kier molecular flexibility index (Phi) is 3.99. The van der Waals surface area contributed by atoms with Crippen molar-refractivity contribution in [1.82, 2.24) is 19.8 Å². The number of H-pyrrole nitrogens is 1. The molecule has 2 fully saturated rings. The zero-order valence-corrected chi connectivity index (χ0v) is 12.9. The molecule has 1 amide bonds. The third-order valence-electron chi connectivity index (χ3n) is 5.03. The highest BCUT2D eigenvalue weighted by molar-refractivity contribution is 5.78. The van der Waals surface area contributed by atoms with Crippen LogP contribution in [-0.2, 0) is 16.0 Å². The first-order valence-electron chi connectivity index (χ1n) is 7.66. The van der Waals surface area contributed by atoms with Gasteiger partial charge in [-0.1, -0.05) is 0 Å². The summed E-state index contributed by atoms with van der Waals surface area (Å²) in [5.74, 6) is 0.184. The van der Waals surface area contributed by atoms with E-state index in [9.17, 15) is 4.79 Å². The molecule has 0 saturated carbocycles. The normalized spacial score (nSPS) is 22.7. The summed E-state index contributed by atoms with van der Waals surface area (Å²) < 4.78 is 5.50. The Labute approximate surface area is 125 Å². The molecule has 6 nitrogen and oxygen atoms in total. The summed E-state index contributed by atoms with van der Waals surface area (Å²) in [5.41, 5.74) is 1.95. The summed E-state index contributed by atoms with van der Waals surface area (Å²) in [6.07, 6.45) is 4.07. The van der Waals surface area contributed by atoms with Crippen molar-refractivity contribution < 1.29 is 9.53 Å². The largest absolute Gasteiger partial charge is 0.381 e. The zero-order valence-electron chi connectivity index (χ0n) is 12.9. The summed E-state index contributed by atoms with van der Waals surface area (Å²) in [6, 6.07) is 0. The first-order chi connectivity index (χ1) is 10.1. The van der Waals surface area contributed by atoms with Crippen LogP contribution in [0.15, 0.2) is 6.33 Å². The van der Waals surface area contributed by atoms with Crippen LogP contribution in [0.1, 0.15) is 24.2 Å². The van der Waals surface area contributed by atoms with E-state index in [-0.39, 0.29) is 11.4 Å². The molecule has 6 heteroatoms. The fourth-order valence-corrected chi connectivity index (χ4v) is 3.39. The van der Waals surface area contributed by atoms with Gasteiger partial charge < -0.3 is 14.6 Å². The predicted molar refractivity (Wildman–Crippen MR) is 79.0 cm³/mol. The van der Waals surface area contributed by atoms with Gasteiger partial charge in [0.1, 0.15) is 0 Å². The van der Waals surface area contributed by atoms with E-state index in [1.54, 1.807) is 6.33 Å². The van der Waals surface area contributed by atoms with Crippen molar-refractivity contribution in [3.8, 4) is 0 Å². The van der Waals surface area contributed by atoms with Gasteiger partial charge >= 0.3 is 0 Å². The number of ether oxygens (including phenoxy) is 1. The number of carbonyl (C=O) groups is 1. The first kappa shape index (κ1) is 14.5. The molecule has 0 bridgehead atoms. The summed E-state index contributed by atoms with van der Waals surface area (Å²) >= 11 is 0. The van der Waals surface area contributed by atoms with E-state index < -0.39 is 0 Å². The topological polar surface area (TPSA) is 61.5 Å². The molecule has 0 atom stereocenters. The number of hydrogen-bond acceptors (Lipinski definition) is 4. The maximum atomic E-state index is 12.6. The third-order valence-corrected chi connectivity index (χ3v) is 5.03. The highest BCUT2D eigenvalue weighted by Gasteiger charge is 2.42. The van der Waals surface area contributed by atoms with Crippen molar-refractivity contribution in [2.75, 3.05) is 39.9 Å². The molecular weight excluding hydrogens is 268 g/mol. The number of carbonyl (C=O) groups excluding carboxylic acids is 1. The number of aryl methyl sites for hydroxylation is 1. The standard InChI is InChI=1S/C15H24N4O2/c1-12-13(17-11-16-12)9-14(20)19-6-5-18(2)15(10-19)3-7-21-8-4-15/h11H,3-10H2,1-2H3,(H,16,17). The molecule has 0 aliphatic carbocycles. The molecule has 0 unspecified atom stereocenters. The molecule has 1 aromatic heterocycles. The number of likely N-dealkylation sites (N-methyl/N-ethyl adjacent to an activating group) is 1. The van der Waals surface area contributed by atoms with Crippen LogP contribution in [0.25, 0.3) is 0 Å². The van der Waals surface area contributed by atoms with Crippen LogP contribution in [0.5, 0.6) is 0 Å². The van der Waals surface area contributed by atoms with Crippen LogP contribution in [0.4, 0.5) is 0 Å². The summed E-state index contributed by atoms with van der Waals surface area (Å²) in [5, 5.41) is 0. The van der Waals surface area contributed by atoms with Gasteiger partial charge in [0.15, 0.2) is 0 Å². The minimum atomic E-state index is 0.104. The van der Waals surface area contributed by atoms with Crippen LogP contribution in [0.2, 0.25) is 0 Å². The second kappa shape index (κ2) is 5.77. The SMILES string of the molecule is Cc1[nH]cnc1CC(=O)N1CCN(C)C2(CCOCC2)C1. The number of imidazole rings is 1. The van der Waals surface area contributed by atoms with Crippen molar-refractivity contribution in [3.05, 3.63) is 17.7 Å². The number of nitrogens with zero attached hydrogens (tertiary/aromatic N) is 3. The van der Waals surface area contributed by atoms with E-state index in [2.05, 4.69) is 21.9 Å². The van der Waals surface area contributed by atoms with E-state index in [0.717, 1.165) is 57.1 Å². The minimum Gasteiger partial charge on any atom is -0.381 e. The highest BCUT2D eigenvalue weighted by Crippen LogP contribution is 2.30. The number of hydrogen-bond donors (Lipinski definition) is 1. The predicted octanol–water partition coefficient (Wildman–Crippen LogP) is 0.584. The van der Waals surface area contributed by atoms with Gasteiger partial charge in [-0.2, -0.15) is 0 Å². The second-order valence-corrected chi connectivity index (χ2v) is 6.22. The molecule has 1 spiro atoms. The van der Waals surface area contributed by atoms with Gasteiger partial charge in [-0.05, 0) is 26.8 Å². The highest BCUT2D eigenvalue weighted by atomic mass is 16.5. The molecule has 3 heterocycles. The van der Waals surface area contributed by atoms with Crippen molar-refractivity contribution >= 4 is 5.91 Å². The Hall–Kier alpha value is -1.40. The second-order valence-electron chi connectivity index (χ2n) is 6.22. The molecule has 0 radical (unpaired) electrons. The van der Waals surface area contributed by atoms with Gasteiger partial charge in [0.25, 0.3) is 0 Å². The van der Waals surface area contributed by atoms with Gasteiger partial charge in [0.05, 0.1) is 18.4 Å². The Morgan fingerprint density at radius 2 is 2.19 bits per heavy atom. The molecule has 2 saturated heterocycles. The Morgan fingerprint density at radius 1 is 1.43 bits per heavy atom. The maximum Gasteiger partial charge on any atom is 0.228 e. The van der Waals surface area contributed by atoms with Crippen LogP contribution in [-0.4, -0.2) is 71.1 Å². The number of rotatable bonds is 2. The van der Waals surface area contributed by atoms with Crippen molar-refractivity contribution in [2.24, 2.45) is 0 Å². The fraction of sp³-hybridized carbons (Fsp3) is 0.733. The summed E-state index contributed by atoms with van der Waals surface area (Å²) in [6.45, 7) is 6.11. The van der Waals surface area contributed by atoms with Gasteiger partial charge in [0.2, 0.25) is 5.91 Å². The van der Waals surface area contributed by atoms with Gasteiger partial charge in [-0.25, -0.2) is 4.98 Å². The molecule has 21 heavy (non-hydrogen) atoms. The average molecular weight is 292 g/mol. The molecule has 1 aromatic rings. The van der Waals surface area contributed by atoms with Crippen LogP contribution < -0.4 is 0 Å². The Balaban J connectivity index is 1.68. The fourth-order valence-electron chi connectivity index (χ4n) is 3.39. The molecule has 1 N–H and O–H groups in total. The Bertz CT molecular complexity index is 508. The summed E-state index contributed by atoms with van der Waals surface area (Å²) in [4.78, 5) is 24.3. The zero-order chi connectivity index (χ0) is 14.9. The lowest BCUT2D eigenvalue weighted by Crippen LogP contribution is -2.63. The van der Waals surface area contributed by atoms with E-state index in [4.69, 9.17) is 4.74 Å². The van der Waals surface area contributed by atoms with Crippen molar-refractivity contribution in [2.45, 2.75) is 31.7 Å². The monoisotopic (exact) mass is 292 g/mol. The van der Waals surface area contributed by atoms with Crippen LogP contribution >= 0.6 is 0 Å². The Morgan fingerprint density at radius 3 is 2.86 bits per heavy atom. The van der Waals surface area contributed by atoms with Gasteiger partial charge in [0, 0.05) is 44.1 Å². The first-order valence-corrected chi connectivity index (χ1v) is 7.66. The number of amides is 1. The average Bonchev–Trinajstić information content (AvgIpc) is 2.88. The van der Waals surface area contributed by atoms with Crippen molar-refractivity contribution in [1.29, 1.82) is 0 Å². The lowest BCUT2D eigenvalue weighted by atomic mass is 9.86. The number of nitrogens with one attached hydrogen (secondary N) is 1. The molecule has 3 rings (SSSR count). The lowest BCUT2D eigenvalue weighted by molar-refractivity contribution is -0.139. The number of aromatic amines is 1. The molecule has 0 aromatic carbocycles. The number of aromatic nitrogens is 2. The van der Waals surface area contributed by atoms with E-state index in [1.807, 2.05) is 11.8 Å². The summed E-state index contributed by atoms with van der Waals surface area (Å²) in [7, 11) is 2.17. The number of piperazine rings is 1. The molecule has 116 valence electrons. The van der Waals surface area contributed by atoms with Crippen LogP contribution in [0, 0.1) is 6.92 Å². The van der Waals surface area contributed by atoms with Crippen molar-refractivity contribution in [3.63, 3.8) is 0 Å². The third kappa shape index (κ3) is 2.82.